The highest BCUT2D eigenvalue weighted by atomic mass is 35.5. The first-order valence-corrected chi connectivity index (χ1v) is 12.3. The quantitative estimate of drug-likeness (QED) is 0.263. The van der Waals surface area contributed by atoms with Crippen LogP contribution >= 0.6 is 11.6 Å². The van der Waals surface area contributed by atoms with Crippen LogP contribution in [0.3, 0.4) is 0 Å². The number of hydrogen-bond donors (Lipinski definition) is 0. The Morgan fingerprint density at radius 3 is 2.52 bits per heavy atom. The fourth-order valence-electron chi connectivity index (χ4n) is 4.02. The molecule has 0 atom stereocenters. The average Bonchev–Trinajstić information content (AvgIpc) is 2.88. The largest absolute Gasteiger partial charge is 0.493 e. The van der Waals surface area contributed by atoms with Gasteiger partial charge in [-0.1, -0.05) is 36.8 Å². The number of hydrogen-bond acceptors (Lipinski definition) is 6. The van der Waals surface area contributed by atoms with Gasteiger partial charge in [-0.2, -0.15) is 10.2 Å². The second-order valence-electron chi connectivity index (χ2n) is 8.23. The fraction of sp³-hybridized carbons (Fsp3) is 0.462. The highest BCUT2D eigenvalue weighted by Gasteiger charge is 2.16. The van der Waals surface area contributed by atoms with E-state index in [9.17, 15) is 0 Å². The van der Waals surface area contributed by atoms with E-state index in [1.165, 1.54) is 5.56 Å². The van der Waals surface area contributed by atoms with Crippen LogP contribution in [0.1, 0.15) is 36.9 Å². The summed E-state index contributed by atoms with van der Waals surface area (Å²) in [5, 5.41) is 10.3. The molecular weight excluding hydrogens is 438 g/mol. The van der Waals surface area contributed by atoms with Crippen LogP contribution in [-0.2, 0) is 22.0 Å². The molecule has 1 aliphatic rings. The maximum atomic E-state index is 6.24. The number of rotatable bonds is 12. The Bertz CT molecular complexity index is 997. The zero-order valence-electron chi connectivity index (χ0n) is 19.0. The molecule has 6 nitrogen and oxygen atoms in total. The van der Waals surface area contributed by atoms with E-state index in [1.807, 2.05) is 18.2 Å². The monoisotopic (exact) mass is 469 g/mol. The van der Waals surface area contributed by atoms with Gasteiger partial charge in [0.2, 0.25) is 0 Å². The highest BCUT2D eigenvalue weighted by molar-refractivity contribution is 6.17. The van der Waals surface area contributed by atoms with Crippen LogP contribution in [0.4, 0.5) is 5.69 Å². The van der Waals surface area contributed by atoms with Crippen LogP contribution in [0.5, 0.6) is 5.75 Å². The summed E-state index contributed by atoms with van der Waals surface area (Å²) < 4.78 is 17.5. The van der Waals surface area contributed by atoms with Crippen molar-refractivity contribution >= 4 is 28.1 Å². The Morgan fingerprint density at radius 2 is 1.73 bits per heavy atom. The maximum Gasteiger partial charge on any atom is 0.130 e. The molecule has 1 aliphatic heterocycles. The zero-order chi connectivity index (χ0) is 22.7. The van der Waals surface area contributed by atoms with Gasteiger partial charge in [-0.15, -0.1) is 11.6 Å². The summed E-state index contributed by atoms with van der Waals surface area (Å²) >= 11 is 6.14. The maximum absolute atomic E-state index is 6.24. The van der Waals surface area contributed by atoms with Crippen molar-refractivity contribution in [3.05, 3.63) is 59.9 Å². The number of alkyl halides is 1. The summed E-state index contributed by atoms with van der Waals surface area (Å²) in [6.45, 7) is 5.36. The molecule has 0 saturated carbocycles. The summed E-state index contributed by atoms with van der Waals surface area (Å²) in [5.74, 6) is 1.17. The summed E-state index contributed by atoms with van der Waals surface area (Å²) in [5.41, 5.74) is 3.12. The predicted octanol–water partition coefficient (Wildman–Crippen LogP) is 5.36. The molecule has 7 heteroatoms. The van der Waals surface area contributed by atoms with Gasteiger partial charge in [-0.3, -0.25) is 0 Å². The minimum Gasteiger partial charge on any atom is -0.493 e. The molecule has 0 aliphatic carbocycles. The molecule has 0 unspecified atom stereocenters. The Kier molecular flexibility index (Phi) is 9.16. The van der Waals surface area contributed by atoms with Gasteiger partial charge in [-0.25, -0.2) is 0 Å². The van der Waals surface area contributed by atoms with Crippen molar-refractivity contribution in [2.75, 3.05) is 44.4 Å². The van der Waals surface area contributed by atoms with E-state index in [1.54, 1.807) is 6.20 Å². The Labute approximate surface area is 200 Å². The lowest BCUT2D eigenvalue weighted by atomic mass is 10.1. The minimum atomic E-state index is 0.322. The smallest absolute Gasteiger partial charge is 0.130 e. The lowest BCUT2D eigenvalue weighted by Crippen LogP contribution is -2.36. The van der Waals surface area contributed by atoms with Gasteiger partial charge in [-0.05, 0) is 30.9 Å². The van der Waals surface area contributed by atoms with Gasteiger partial charge in [0, 0.05) is 42.2 Å². The summed E-state index contributed by atoms with van der Waals surface area (Å²) in [7, 11) is 0. The van der Waals surface area contributed by atoms with Crippen LogP contribution in [0.15, 0.2) is 48.7 Å². The molecule has 1 fully saturated rings. The van der Waals surface area contributed by atoms with Crippen molar-refractivity contribution in [1.82, 2.24) is 10.2 Å². The van der Waals surface area contributed by atoms with Gasteiger partial charge in [0.25, 0.3) is 0 Å². The molecule has 2 aromatic carbocycles. The molecule has 3 aromatic rings. The molecule has 4 rings (SSSR count). The third-order valence-corrected chi connectivity index (χ3v) is 6.11. The van der Waals surface area contributed by atoms with E-state index >= 15 is 0 Å². The topological polar surface area (TPSA) is 56.7 Å². The van der Waals surface area contributed by atoms with E-state index in [-0.39, 0.29) is 0 Å². The molecule has 0 radical (unpaired) electrons. The number of benzene rings is 2. The summed E-state index contributed by atoms with van der Waals surface area (Å²) in [4.78, 5) is 2.32. The van der Waals surface area contributed by atoms with E-state index in [0.717, 1.165) is 86.5 Å². The normalized spacial score (nSPS) is 14.0. The van der Waals surface area contributed by atoms with Gasteiger partial charge >= 0.3 is 0 Å². The standard InChI is InChI=1S/C26H32ClN3O3/c27-18-25-23-16-22(30-10-14-31-15-11-30)17-26(24(23)19-28-29-25)33-13-7-2-1-6-12-32-20-21-8-4-3-5-9-21/h3-5,8-9,16-17,19H,1-2,6-7,10-15,18,20H2. The van der Waals surface area contributed by atoms with Gasteiger partial charge in [0.05, 0.1) is 44.2 Å². The molecule has 1 aromatic heterocycles. The number of morpholine rings is 1. The Morgan fingerprint density at radius 1 is 0.939 bits per heavy atom. The highest BCUT2D eigenvalue weighted by Crippen LogP contribution is 2.33. The molecule has 0 bridgehead atoms. The fourth-order valence-corrected chi connectivity index (χ4v) is 4.22. The third kappa shape index (κ3) is 6.79. The number of anilines is 1. The molecule has 0 N–H and O–H groups in total. The van der Waals surface area contributed by atoms with Crippen molar-refractivity contribution < 1.29 is 14.2 Å². The minimum absolute atomic E-state index is 0.322. The summed E-state index contributed by atoms with van der Waals surface area (Å²) in [6.07, 6.45) is 6.09. The van der Waals surface area contributed by atoms with Gasteiger partial charge in [0.1, 0.15) is 5.75 Å². The number of ether oxygens (including phenoxy) is 3. The lowest BCUT2D eigenvalue weighted by molar-refractivity contribution is 0.116. The zero-order valence-corrected chi connectivity index (χ0v) is 19.8. The van der Waals surface area contributed by atoms with E-state index < -0.39 is 0 Å². The van der Waals surface area contributed by atoms with Crippen molar-refractivity contribution in [1.29, 1.82) is 0 Å². The molecule has 176 valence electrons. The van der Waals surface area contributed by atoms with Crippen molar-refractivity contribution in [2.24, 2.45) is 0 Å². The summed E-state index contributed by atoms with van der Waals surface area (Å²) in [6, 6.07) is 14.6. The molecule has 2 heterocycles. The third-order valence-electron chi connectivity index (χ3n) is 5.86. The lowest BCUT2D eigenvalue weighted by Gasteiger charge is -2.29. The first-order chi connectivity index (χ1) is 16.3. The van der Waals surface area contributed by atoms with Crippen LogP contribution in [0.2, 0.25) is 0 Å². The van der Waals surface area contributed by atoms with Crippen LogP contribution < -0.4 is 9.64 Å². The van der Waals surface area contributed by atoms with Gasteiger partial charge in [0.15, 0.2) is 0 Å². The van der Waals surface area contributed by atoms with Crippen LogP contribution in [0, 0.1) is 0 Å². The second kappa shape index (κ2) is 12.7. The number of fused-ring (bicyclic) bond motifs is 1. The van der Waals surface area contributed by atoms with E-state index in [4.69, 9.17) is 25.8 Å². The molecule has 1 saturated heterocycles. The molecule has 0 amide bonds. The SMILES string of the molecule is ClCc1nncc2c(OCCCCCCOCc3ccccc3)cc(N3CCOCC3)cc12. The number of unbranched alkanes of at least 4 members (excludes halogenated alkanes) is 3. The van der Waals surface area contributed by atoms with Crippen molar-refractivity contribution in [2.45, 2.75) is 38.2 Å². The number of halogens is 1. The Balaban J connectivity index is 1.27. The van der Waals surface area contributed by atoms with Crippen molar-refractivity contribution in [3.8, 4) is 5.75 Å². The molecule has 33 heavy (non-hydrogen) atoms. The Hall–Kier alpha value is -2.41. The molecular formula is C26H32ClN3O3. The average molecular weight is 470 g/mol. The second-order valence-corrected chi connectivity index (χ2v) is 8.50. The first-order valence-electron chi connectivity index (χ1n) is 11.8. The van der Waals surface area contributed by atoms with Crippen LogP contribution in [-0.4, -0.2) is 49.7 Å². The van der Waals surface area contributed by atoms with Crippen molar-refractivity contribution in [3.63, 3.8) is 0 Å². The first kappa shape index (κ1) is 23.7. The van der Waals surface area contributed by atoms with Gasteiger partial charge < -0.3 is 19.1 Å². The number of nitrogens with zero attached hydrogens (tertiary/aromatic N) is 3. The van der Waals surface area contributed by atoms with E-state index in [0.29, 0.717) is 19.1 Å². The van der Waals surface area contributed by atoms with E-state index in [2.05, 4.69) is 39.4 Å². The predicted molar refractivity (Wildman–Crippen MR) is 132 cm³/mol. The van der Waals surface area contributed by atoms with Crippen LogP contribution in [0.25, 0.3) is 10.8 Å². The number of aromatic nitrogens is 2. The molecule has 0 spiro atoms.